The summed E-state index contributed by atoms with van der Waals surface area (Å²) in [5.74, 6) is 0.730. The summed E-state index contributed by atoms with van der Waals surface area (Å²) < 4.78 is 5.36. The average molecular weight is 378 g/mol. The van der Waals surface area contributed by atoms with E-state index in [2.05, 4.69) is 41.9 Å². The summed E-state index contributed by atoms with van der Waals surface area (Å²) in [7, 11) is 1.79. The average Bonchev–Trinajstić information content (AvgIpc) is 2.60. The number of likely N-dealkylation sites (tertiary alicyclic amines) is 1. The molecule has 0 amide bonds. The third-order valence-electron chi connectivity index (χ3n) is 5.53. The number of hydrogen-bond donors (Lipinski definition) is 1. The monoisotopic (exact) mass is 377 g/mol. The van der Waals surface area contributed by atoms with E-state index in [1.54, 1.807) is 7.11 Å². The first-order chi connectivity index (χ1) is 12.4. The first kappa shape index (κ1) is 19.5. The Kier molecular flexibility index (Phi) is 6.16. The molecule has 1 saturated heterocycles. The van der Waals surface area contributed by atoms with Crippen molar-refractivity contribution in [3.05, 3.63) is 28.8 Å². The van der Waals surface area contributed by atoms with Crippen LogP contribution in [0.5, 0.6) is 0 Å². The number of hydrogen-bond acceptors (Lipinski definition) is 4. The summed E-state index contributed by atoms with van der Waals surface area (Å²) in [5, 5.41) is 0.641. The number of piperidine rings is 1. The number of methoxy groups -OCH3 is 1. The van der Waals surface area contributed by atoms with Gasteiger partial charge < -0.3 is 20.3 Å². The molecule has 0 saturated carbocycles. The molecule has 0 atom stereocenters. The molecule has 144 valence electrons. The first-order valence-corrected chi connectivity index (χ1v) is 9.98. The van der Waals surface area contributed by atoms with Crippen molar-refractivity contribution in [3.63, 3.8) is 0 Å². The smallest absolute Gasteiger partial charge is 0.0643 e. The van der Waals surface area contributed by atoms with E-state index in [1.165, 1.54) is 31.6 Å². The van der Waals surface area contributed by atoms with Gasteiger partial charge in [-0.15, -0.1) is 0 Å². The van der Waals surface area contributed by atoms with Crippen LogP contribution in [0, 0.1) is 11.3 Å². The molecule has 1 aromatic rings. The lowest BCUT2D eigenvalue weighted by atomic mass is 9.90. The number of fused-ring (bicyclic) bond motifs is 1. The molecular weight excluding hydrogens is 346 g/mol. The Labute approximate surface area is 162 Å². The molecule has 0 spiro atoms. The van der Waals surface area contributed by atoms with Gasteiger partial charge in [0.05, 0.1) is 17.3 Å². The molecule has 2 N–H and O–H groups in total. The third-order valence-corrected chi connectivity index (χ3v) is 5.86. The van der Waals surface area contributed by atoms with Crippen LogP contribution in [0.25, 0.3) is 6.08 Å². The van der Waals surface area contributed by atoms with Gasteiger partial charge in [0.25, 0.3) is 0 Å². The highest BCUT2D eigenvalue weighted by Crippen LogP contribution is 2.36. The molecular formula is C21H32ClN3O. The Balaban J connectivity index is 1.56. The molecule has 0 aromatic heterocycles. The Morgan fingerprint density at radius 1 is 1.27 bits per heavy atom. The van der Waals surface area contributed by atoms with E-state index in [-0.39, 0.29) is 5.41 Å². The number of nitrogen functional groups attached to an aromatic ring is 1. The molecule has 0 unspecified atom stereocenters. The molecule has 0 bridgehead atoms. The fourth-order valence-electron chi connectivity index (χ4n) is 4.30. The van der Waals surface area contributed by atoms with Gasteiger partial charge in [-0.1, -0.05) is 37.6 Å². The molecule has 3 rings (SSSR count). The zero-order chi connectivity index (χ0) is 18.7. The Hall–Kier alpha value is -1.23. The fraction of sp³-hybridized carbons (Fsp3) is 0.619. The minimum atomic E-state index is 0.217. The summed E-state index contributed by atoms with van der Waals surface area (Å²) in [6, 6.07) is 4.03. The van der Waals surface area contributed by atoms with Gasteiger partial charge in [-0.3, -0.25) is 0 Å². The molecule has 26 heavy (non-hydrogen) atoms. The number of rotatable bonds is 6. The van der Waals surface area contributed by atoms with E-state index < -0.39 is 0 Å². The molecule has 1 aromatic carbocycles. The quantitative estimate of drug-likeness (QED) is 0.756. The molecule has 0 radical (unpaired) electrons. The lowest BCUT2D eigenvalue weighted by Crippen LogP contribution is -2.43. The van der Waals surface area contributed by atoms with Gasteiger partial charge >= 0.3 is 0 Å². The predicted molar refractivity (Wildman–Crippen MR) is 112 cm³/mol. The SMILES string of the molecule is COCC(C)(C)CN1CCC(CN2CC=Cc3c2ccc(Cl)c3N)CC1. The van der Waals surface area contributed by atoms with E-state index >= 15 is 0 Å². The van der Waals surface area contributed by atoms with Gasteiger partial charge in [-0.25, -0.2) is 0 Å². The summed E-state index contributed by atoms with van der Waals surface area (Å²) in [4.78, 5) is 5.05. The van der Waals surface area contributed by atoms with E-state index in [4.69, 9.17) is 22.1 Å². The van der Waals surface area contributed by atoms with Crippen molar-refractivity contribution in [3.8, 4) is 0 Å². The largest absolute Gasteiger partial charge is 0.397 e. The number of ether oxygens (including phenoxy) is 1. The van der Waals surface area contributed by atoms with Crippen molar-refractivity contribution in [1.29, 1.82) is 0 Å². The van der Waals surface area contributed by atoms with Crippen molar-refractivity contribution in [2.45, 2.75) is 26.7 Å². The molecule has 4 nitrogen and oxygen atoms in total. The van der Waals surface area contributed by atoms with Gasteiger partial charge in [-0.2, -0.15) is 0 Å². The number of halogens is 1. The minimum Gasteiger partial charge on any atom is -0.397 e. The van der Waals surface area contributed by atoms with Gasteiger partial charge in [0.1, 0.15) is 0 Å². The van der Waals surface area contributed by atoms with E-state index in [9.17, 15) is 0 Å². The van der Waals surface area contributed by atoms with Crippen molar-refractivity contribution in [2.75, 3.05) is 57.1 Å². The molecule has 0 aliphatic carbocycles. The zero-order valence-electron chi connectivity index (χ0n) is 16.3. The standard InChI is InChI=1S/C21H32ClN3O/c1-21(2,15-26-3)14-24-11-8-16(9-12-24)13-25-10-4-5-17-19(25)7-6-18(22)20(17)23/h4-7,16H,8-15,23H2,1-3H3. The van der Waals surface area contributed by atoms with Crippen LogP contribution in [-0.2, 0) is 4.74 Å². The van der Waals surface area contributed by atoms with Crippen LogP contribution in [-0.4, -0.2) is 51.3 Å². The second kappa shape index (κ2) is 8.20. The molecule has 2 aliphatic heterocycles. The van der Waals surface area contributed by atoms with Crippen molar-refractivity contribution in [2.24, 2.45) is 11.3 Å². The maximum atomic E-state index is 6.18. The second-order valence-electron chi connectivity index (χ2n) is 8.52. The highest BCUT2D eigenvalue weighted by atomic mass is 35.5. The Morgan fingerprint density at radius 2 is 2.00 bits per heavy atom. The van der Waals surface area contributed by atoms with Crippen LogP contribution in [0.1, 0.15) is 32.3 Å². The molecule has 1 fully saturated rings. The molecule has 2 aliphatic rings. The molecule has 2 heterocycles. The summed E-state index contributed by atoms with van der Waals surface area (Å²) in [6.45, 7) is 10.9. The second-order valence-corrected chi connectivity index (χ2v) is 8.93. The van der Waals surface area contributed by atoms with Crippen LogP contribution in [0.4, 0.5) is 11.4 Å². The summed E-state index contributed by atoms with van der Waals surface area (Å²) in [6.07, 6.45) is 6.80. The van der Waals surface area contributed by atoms with Gasteiger partial charge in [0.15, 0.2) is 0 Å². The van der Waals surface area contributed by atoms with Crippen LogP contribution in [0.2, 0.25) is 5.02 Å². The number of nitrogens with zero attached hydrogens (tertiary/aromatic N) is 2. The van der Waals surface area contributed by atoms with E-state index in [0.29, 0.717) is 10.7 Å². The lowest BCUT2D eigenvalue weighted by molar-refractivity contribution is 0.0572. The fourth-order valence-corrected chi connectivity index (χ4v) is 4.46. The normalized spacial score (nSPS) is 19.0. The van der Waals surface area contributed by atoms with E-state index in [0.717, 1.165) is 37.7 Å². The Morgan fingerprint density at radius 3 is 2.69 bits per heavy atom. The summed E-state index contributed by atoms with van der Waals surface area (Å²) in [5.41, 5.74) is 9.38. The number of anilines is 2. The van der Waals surface area contributed by atoms with Gasteiger partial charge in [0.2, 0.25) is 0 Å². The topological polar surface area (TPSA) is 41.7 Å². The van der Waals surface area contributed by atoms with Gasteiger partial charge in [0, 0.05) is 43.4 Å². The maximum absolute atomic E-state index is 6.18. The van der Waals surface area contributed by atoms with E-state index in [1.807, 2.05) is 6.07 Å². The van der Waals surface area contributed by atoms with Crippen LogP contribution >= 0.6 is 11.6 Å². The first-order valence-electron chi connectivity index (χ1n) is 9.60. The lowest BCUT2D eigenvalue weighted by Gasteiger charge is -2.39. The highest BCUT2D eigenvalue weighted by molar-refractivity contribution is 6.33. The number of nitrogens with two attached hydrogens (primary N) is 1. The third kappa shape index (κ3) is 4.54. The van der Waals surface area contributed by atoms with Crippen molar-refractivity contribution >= 4 is 29.1 Å². The van der Waals surface area contributed by atoms with Crippen LogP contribution in [0.3, 0.4) is 0 Å². The number of benzene rings is 1. The maximum Gasteiger partial charge on any atom is 0.0643 e. The Bertz CT molecular complexity index is 651. The highest BCUT2D eigenvalue weighted by Gasteiger charge is 2.27. The summed E-state index contributed by atoms with van der Waals surface area (Å²) >= 11 is 6.18. The van der Waals surface area contributed by atoms with Gasteiger partial charge in [-0.05, 0) is 44.0 Å². The van der Waals surface area contributed by atoms with Crippen molar-refractivity contribution < 1.29 is 4.74 Å². The molecule has 5 heteroatoms. The van der Waals surface area contributed by atoms with Crippen LogP contribution < -0.4 is 10.6 Å². The minimum absolute atomic E-state index is 0.217. The zero-order valence-corrected chi connectivity index (χ0v) is 17.1. The van der Waals surface area contributed by atoms with Crippen LogP contribution in [0.15, 0.2) is 18.2 Å². The van der Waals surface area contributed by atoms with Crippen molar-refractivity contribution in [1.82, 2.24) is 4.90 Å². The predicted octanol–water partition coefficient (Wildman–Crippen LogP) is 4.14.